The van der Waals surface area contributed by atoms with E-state index in [9.17, 15) is 10.1 Å². The number of carbonyl (C=O) groups is 1. The van der Waals surface area contributed by atoms with Crippen LogP contribution in [0.1, 0.15) is 99.3 Å². The van der Waals surface area contributed by atoms with Crippen molar-refractivity contribution in [1.82, 2.24) is 0 Å². The van der Waals surface area contributed by atoms with Crippen LogP contribution in [0.5, 0.6) is 5.75 Å². The highest BCUT2D eigenvalue weighted by Gasteiger charge is 2.29. The third kappa shape index (κ3) is 6.95. The van der Waals surface area contributed by atoms with Gasteiger partial charge in [0, 0.05) is 0 Å². The van der Waals surface area contributed by atoms with Crippen LogP contribution in [0.15, 0.2) is 42.5 Å². The molecule has 0 aliphatic heterocycles. The predicted molar refractivity (Wildman–Crippen MR) is 130 cm³/mol. The van der Waals surface area contributed by atoms with Crippen molar-refractivity contribution in [2.24, 2.45) is 5.92 Å². The summed E-state index contributed by atoms with van der Waals surface area (Å²) in [7, 11) is 0. The minimum atomic E-state index is -0.187. The molecule has 170 valence electrons. The standard InChI is InChI=1S/C29H37NO2/c1-3-4-5-6-7-8-9-23-12-19-28(27(20-23)21-30)32-29(31)26-17-15-25(16-18-26)24-13-10-22(2)11-14-24/h10-14,19-20,25-26H,3-9,15-18H2,1-2H3. The van der Waals surface area contributed by atoms with Gasteiger partial charge < -0.3 is 4.74 Å². The van der Waals surface area contributed by atoms with Crippen LogP contribution in [0.4, 0.5) is 0 Å². The van der Waals surface area contributed by atoms with Gasteiger partial charge in [0.2, 0.25) is 0 Å². The molecule has 1 aliphatic carbocycles. The number of esters is 1. The van der Waals surface area contributed by atoms with Gasteiger partial charge in [-0.15, -0.1) is 0 Å². The molecule has 1 fully saturated rings. The molecule has 0 N–H and O–H groups in total. The number of hydrogen-bond acceptors (Lipinski definition) is 3. The molecule has 1 saturated carbocycles. The number of unbranched alkanes of at least 4 members (excludes halogenated alkanes) is 5. The van der Waals surface area contributed by atoms with Gasteiger partial charge in [-0.1, -0.05) is 74.9 Å². The van der Waals surface area contributed by atoms with Crippen LogP contribution in [0.2, 0.25) is 0 Å². The minimum Gasteiger partial charge on any atom is -0.425 e. The zero-order chi connectivity index (χ0) is 22.8. The number of nitrogens with zero attached hydrogens (tertiary/aromatic N) is 1. The molecule has 2 aromatic rings. The number of rotatable bonds is 10. The Balaban J connectivity index is 1.49. The van der Waals surface area contributed by atoms with Crippen molar-refractivity contribution < 1.29 is 9.53 Å². The Labute approximate surface area is 193 Å². The summed E-state index contributed by atoms with van der Waals surface area (Å²) < 4.78 is 5.70. The van der Waals surface area contributed by atoms with E-state index in [1.807, 2.05) is 12.1 Å². The Morgan fingerprint density at radius 1 is 0.969 bits per heavy atom. The van der Waals surface area contributed by atoms with Crippen LogP contribution in [0.3, 0.4) is 0 Å². The van der Waals surface area contributed by atoms with Gasteiger partial charge in [-0.05, 0) is 74.6 Å². The molecular formula is C29H37NO2. The zero-order valence-corrected chi connectivity index (χ0v) is 19.7. The first-order chi connectivity index (χ1) is 15.6. The molecule has 3 nitrogen and oxygen atoms in total. The van der Waals surface area contributed by atoms with E-state index < -0.39 is 0 Å². The lowest BCUT2D eigenvalue weighted by molar-refractivity contribution is -0.140. The van der Waals surface area contributed by atoms with E-state index >= 15 is 0 Å². The van der Waals surface area contributed by atoms with Crippen molar-refractivity contribution >= 4 is 5.97 Å². The van der Waals surface area contributed by atoms with Crippen molar-refractivity contribution in [3.05, 3.63) is 64.7 Å². The number of benzene rings is 2. The van der Waals surface area contributed by atoms with Gasteiger partial charge in [-0.25, -0.2) is 0 Å². The predicted octanol–water partition coefficient (Wildman–Crippen LogP) is 7.65. The molecule has 3 heteroatoms. The number of carbonyl (C=O) groups excluding carboxylic acids is 1. The maximum Gasteiger partial charge on any atom is 0.314 e. The Kier molecular flexibility index (Phi) is 9.35. The summed E-state index contributed by atoms with van der Waals surface area (Å²) in [4.78, 5) is 12.8. The largest absolute Gasteiger partial charge is 0.425 e. The van der Waals surface area contributed by atoms with Gasteiger partial charge >= 0.3 is 5.97 Å². The summed E-state index contributed by atoms with van der Waals surface area (Å²) in [5.41, 5.74) is 4.26. The van der Waals surface area contributed by atoms with Gasteiger partial charge in [0.1, 0.15) is 11.8 Å². The zero-order valence-electron chi connectivity index (χ0n) is 19.7. The molecule has 0 heterocycles. The minimum absolute atomic E-state index is 0.0777. The van der Waals surface area contributed by atoms with Crippen LogP contribution >= 0.6 is 0 Å². The third-order valence-electron chi connectivity index (χ3n) is 6.80. The van der Waals surface area contributed by atoms with Gasteiger partial charge in [0.15, 0.2) is 0 Å². The second kappa shape index (κ2) is 12.4. The Hall–Kier alpha value is -2.60. The normalized spacial score (nSPS) is 18.2. The van der Waals surface area contributed by atoms with E-state index in [1.165, 1.54) is 43.2 Å². The lowest BCUT2D eigenvalue weighted by Gasteiger charge is -2.27. The van der Waals surface area contributed by atoms with Gasteiger partial charge in [-0.2, -0.15) is 5.26 Å². The third-order valence-corrected chi connectivity index (χ3v) is 6.80. The Bertz CT molecular complexity index is 902. The molecule has 3 rings (SSSR count). The van der Waals surface area contributed by atoms with Crippen molar-refractivity contribution in [2.75, 3.05) is 0 Å². The number of aryl methyl sites for hydroxylation is 2. The van der Waals surface area contributed by atoms with E-state index in [0.717, 1.165) is 44.1 Å². The number of nitriles is 1. The first-order valence-corrected chi connectivity index (χ1v) is 12.4. The quantitative estimate of drug-likeness (QED) is 0.220. The van der Waals surface area contributed by atoms with Crippen molar-refractivity contribution in [3.8, 4) is 11.8 Å². The summed E-state index contributed by atoms with van der Waals surface area (Å²) in [6.45, 7) is 4.33. The van der Waals surface area contributed by atoms with Crippen LogP contribution in [0, 0.1) is 24.2 Å². The first kappa shape index (κ1) is 24.1. The van der Waals surface area contributed by atoms with Crippen molar-refractivity contribution in [1.29, 1.82) is 5.26 Å². The lowest BCUT2D eigenvalue weighted by Crippen LogP contribution is -2.25. The Morgan fingerprint density at radius 3 is 2.34 bits per heavy atom. The molecule has 0 aromatic heterocycles. The summed E-state index contributed by atoms with van der Waals surface area (Å²) in [5.74, 6) is 0.666. The Morgan fingerprint density at radius 2 is 1.66 bits per heavy atom. The molecule has 0 saturated heterocycles. The lowest BCUT2D eigenvalue weighted by atomic mass is 9.78. The fourth-order valence-electron chi connectivity index (χ4n) is 4.71. The molecule has 0 radical (unpaired) electrons. The fourth-order valence-corrected chi connectivity index (χ4v) is 4.71. The summed E-state index contributed by atoms with van der Waals surface area (Å²) in [5, 5.41) is 9.57. The molecule has 1 aliphatic rings. The topological polar surface area (TPSA) is 50.1 Å². The van der Waals surface area contributed by atoms with Gasteiger partial charge in [0.25, 0.3) is 0 Å². The highest BCUT2D eigenvalue weighted by molar-refractivity contribution is 5.76. The summed E-state index contributed by atoms with van der Waals surface area (Å²) >= 11 is 0. The maximum atomic E-state index is 12.8. The SMILES string of the molecule is CCCCCCCCc1ccc(OC(=O)C2CCC(c3ccc(C)cc3)CC2)c(C#N)c1. The average Bonchev–Trinajstić information content (AvgIpc) is 2.82. The maximum absolute atomic E-state index is 12.8. The van der Waals surface area contributed by atoms with Crippen molar-refractivity contribution in [2.45, 2.75) is 90.4 Å². The molecule has 0 bridgehead atoms. The highest BCUT2D eigenvalue weighted by Crippen LogP contribution is 2.36. The van der Waals surface area contributed by atoms with E-state index in [2.05, 4.69) is 44.2 Å². The van der Waals surface area contributed by atoms with Crippen LogP contribution in [-0.2, 0) is 11.2 Å². The first-order valence-electron chi connectivity index (χ1n) is 12.4. The fraction of sp³-hybridized carbons (Fsp3) is 0.517. The monoisotopic (exact) mass is 431 g/mol. The molecule has 0 amide bonds. The van der Waals surface area contributed by atoms with Gasteiger partial charge in [-0.3, -0.25) is 4.79 Å². The number of ether oxygens (including phenoxy) is 1. The smallest absolute Gasteiger partial charge is 0.314 e. The second-order valence-electron chi connectivity index (χ2n) is 9.34. The molecular weight excluding hydrogens is 394 g/mol. The van der Waals surface area contributed by atoms with E-state index in [0.29, 0.717) is 17.2 Å². The van der Waals surface area contributed by atoms with E-state index in [-0.39, 0.29) is 11.9 Å². The van der Waals surface area contributed by atoms with Crippen LogP contribution in [-0.4, -0.2) is 5.97 Å². The van der Waals surface area contributed by atoms with E-state index in [1.54, 1.807) is 6.07 Å². The summed E-state index contributed by atoms with van der Waals surface area (Å²) in [6.07, 6.45) is 12.2. The van der Waals surface area contributed by atoms with E-state index in [4.69, 9.17) is 4.74 Å². The molecule has 32 heavy (non-hydrogen) atoms. The molecule has 0 atom stereocenters. The van der Waals surface area contributed by atoms with Crippen LogP contribution < -0.4 is 4.74 Å². The average molecular weight is 432 g/mol. The molecule has 0 spiro atoms. The number of hydrogen-bond donors (Lipinski definition) is 0. The summed E-state index contributed by atoms with van der Waals surface area (Å²) in [6, 6.07) is 16.7. The van der Waals surface area contributed by atoms with Crippen LogP contribution in [0.25, 0.3) is 0 Å². The highest BCUT2D eigenvalue weighted by atomic mass is 16.5. The molecule has 2 aromatic carbocycles. The van der Waals surface area contributed by atoms with Gasteiger partial charge in [0.05, 0.1) is 11.5 Å². The second-order valence-corrected chi connectivity index (χ2v) is 9.34. The van der Waals surface area contributed by atoms with Crippen molar-refractivity contribution in [3.63, 3.8) is 0 Å². The molecule has 0 unspecified atom stereocenters.